The summed E-state index contributed by atoms with van der Waals surface area (Å²) >= 11 is 0. The van der Waals surface area contributed by atoms with Gasteiger partial charge in [-0.05, 0) is 62.0 Å². The van der Waals surface area contributed by atoms with Gasteiger partial charge in [0.15, 0.2) is 0 Å². The lowest BCUT2D eigenvalue weighted by molar-refractivity contribution is 1.33. The van der Waals surface area contributed by atoms with Crippen molar-refractivity contribution < 1.29 is 0 Å². The molecule has 6 aromatic rings. The van der Waals surface area contributed by atoms with E-state index in [2.05, 4.69) is 114 Å². The van der Waals surface area contributed by atoms with E-state index in [0.29, 0.717) is 0 Å². The summed E-state index contributed by atoms with van der Waals surface area (Å²) in [7, 11) is 0. The van der Waals surface area contributed by atoms with E-state index in [9.17, 15) is 0 Å². The van der Waals surface area contributed by atoms with Crippen molar-refractivity contribution in [3.05, 3.63) is 128 Å². The highest BCUT2D eigenvalue weighted by Crippen LogP contribution is 2.43. The van der Waals surface area contributed by atoms with Crippen LogP contribution in [0.15, 0.2) is 128 Å². The van der Waals surface area contributed by atoms with Crippen molar-refractivity contribution in [1.29, 1.82) is 0 Å². The highest BCUT2D eigenvalue weighted by atomic mass is 14.7. The third-order valence-corrected chi connectivity index (χ3v) is 6.11. The summed E-state index contributed by atoms with van der Waals surface area (Å²) in [4.78, 5) is 4.56. The molecule has 0 aliphatic carbocycles. The van der Waals surface area contributed by atoms with Gasteiger partial charge in [0, 0.05) is 11.8 Å². The van der Waals surface area contributed by atoms with Gasteiger partial charge >= 0.3 is 0 Å². The topological polar surface area (TPSA) is 12.9 Å². The minimum atomic E-state index is 0.990. The van der Waals surface area contributed by atoms with Crippen LogP contribution in [0.25, 0.3) is 55.1 Å². The zero-order valence-electron chi connectivity index (χ0n) is 17.6. The number of pyridine rings is 1. The highest BCUT2D eigenvalue weighted by Gasteiger charge is 2.16. The number of aromatic nitrogens is 1. The van der Waals surface area contributed by atoms with Crippen LogP contribution in [0.4, 0.5) is 0 Å². The number of benzene rings is 5. The largest absolute Gasteiger partial charge is 0.256 e. The first-order chi connectivity index (χ1) is 15.9. The van der Waals surface area contributed by atoms with Crippen LogP contribution < -0.4 is 0 Å². The van der Waals surface area contributed by atoms with E-state index in [1.807, 2.05) is 18.3 Å². The molecule has 0 atom stereocenters. The molecule has 32 heavy (non-hydrogen) atoms. The third kappa shape index (κ3) is 3.07. The molecule has 0 unspecified atom stereocenters. The lowest BCUT2D eigenvalue weighted by Crippen LogP contribution is -1.91. The van der Waals surface area contributed by atoms with Crippen molar-refractivity contribution in [3.8, 4) is 33.5 Å². The summed E-state index contributed by atoms with van der Waals surface area (Å²) in [5, 5.41) is 5.08. The minimum Gasteiger partial charge on any atom is -0.256 e. The van der Waals surface area contributed by atoms with Gasteiger partial charge in [0.05, 0.1) is 5.69 Å². The van der Waals surface area contributed by atoms with Crippen LogP contribution in [0.3, 0.4) is 0 Å². The van der Waals surface area contributed by atoms with Gasteiger partial charge in [-0.15, -0.1) is 0 Å². The standard InChI is InChI=1S/C31H21N/c1-2-11-22(12-3-1)30-25-15-4-6-17-27(25)31(28-18-7-5-16-26(28)30)24-14-10-13-23(21-24)29-19-8-9-20-32-29/h1-21H. The van der Waals surface area contributed by atoms with E-state index in [1.165, 1.54) is 43.8 Å². The minimum absolute atomic E-state index is 0.990. The molecule has 1 heterocycles. The Hall–Kier alpha value is -4.23. The maximum atomic E-state index is 4.56. The second-order valence-corrected chi connectivity index (χ2v) is 8.00. The summed E-state index contributed by atoms with van der Waals surface area (Å²) in [5.41, 5.74) is 7.14. The Labute approximate surface area is 187 Å². The Kier molecular flexibility index (Phi) is 4.51. The third-order valence-electron chi connectivity index (χ3n) is 6.11. The first-order valence-electron chi connectivity index (χ1n) is 10.9. The van der Waals surface area contributed by atoms with Crippen LogP contribution in [0.2, 0.25) is 0 Å². The Balaban J connectivity index is 1.71. The van der Waals surface area contributed by atoms with Gasteiger partial charge in [-0.1, -0.05) is 103 Å². The highest BCUT2D eigenvalue weighted by molar-refractivity contribution is 6.21. The van der Waals surface area contributed by atoms with Gasteiger partial charge in [0.2, 0.25) is 0 Å². The van der Waals surface area contributed by atoms with Crippen LogP contribution >= 0.6 is 0 Å². The predicted octanol–water partition coefficient (Wildman–Crippen LogP) is 8.39. The molecular formula is C31H21N. The maximum absolute atomic E-state index is 4.56. The fourth-order valence-corrected chi connectivity index (χ4v) is 4.72. The molecule has 0 fully saturated rings. The average Bonchev–Trinajstić information content (AvgIpc) is 2.88. The summed E-state index contributed by atoms with van der Waals surface area (Å²) in [6.45, 7) is 0. The Morgan fingerprint density at radius 3 is 1.47 bits per heavy atom. The molecule has 1 heteroatoms. The van der Waals surface area contributed by atoms with Crippen molar-refractivity contribution in [2.24, 2.45) is 0 Å². The van der Waals surface area contributed by atoms with Gasteiger partial charge < -0.3 is 0 Å². The molecular weight excluding hydrogens is 386 g/mol. The lowest BCUT2D eigenvalue weighted by atomic mass is 9.85. The molecule has 5 aromatic carbocycles. The number of nitrogens with zero attached hydrogens (tertiary/aromatic N) is 1. The van der Waals surface area contributed by atoms with E-state index < -0.39 is 0 Å². The second kappa shape index (κ2) is 7.79. The molecule has 1 aromatic heterocycles. The molecule has 0 aliphatic heterocycles. The maximum Gasteiger partial charge on any atom is 0.0702 e. The fraction of sp³-hybridized carbons (Fsp3) is 0. The summed E-state index contributed by atoms with van der Waals surface area (Å²) in [6, 6.07) is 43.0. The van der Waals surface area contributed by atoms with Crippen molar-refractivity contribution in [1.82, 2.24) is 4.98 Å². The van der Waals surface area contributed by atoms with E-state index >= 15 is 0 Å². The first-order valence-corrected chi connectivity index (χ1v) is 10.9. The van der Waals surface area contributed by atoms with Crippen molar-refractivity contribution in [2.45, 2.75) is 0 Å². The van der Waals surface area contributed by atoms with Crippen LogP contribution in [0.1, 0.15) is 0 Å². The Morgan fingerprint density at radius 2 is 0.875 bits per heavy atom. The molecule has 0 radical (unpaired) electrons. The monoisotopic (exact) mass is 407 g/mol. The number of hydrogen-bond acceptors (Lipinski definition) is 1. The fourth-order valence-electron chi connectivity index (χ4n) is 4.72. The Morgan fingerprint density at radius 1 is 0.375 bits per heavy atom. The predicted molar refractivity (Wildman–Crippen MR) is 136 cm³/mol. The molecule has 1 nitrogen and oxygen atoms in total. The molecule has 0 saturated carbocycles. The van der Waals surface area contributed by atoms with Crippen LogP contribution in [-0.4, -0.2) is 4.98 Å². The van der Waals surface area contributed by atoms with Gasteiger partial charge in [-0.3, -0.25) is 4.98 Å². The van der Waals surface area contributed by atoms with Crippen molar-refractivity contribution in [2.75, 3.05) is 0 Å². The van der Waals surface area contributed by atoms with E-state index in [1.54, 1.807) is 0 Å². The second-order valence-electron chi connectivity index (χ2n) is 8.00. The van der Waals surface area contributed by atoms with Gasteiger partial charge in [0.25, 0.3) is 0 Å². The SMILES string of the molecule is c1ccc(-c2c3ccccc3c(-c3cccc(-c4ccccn4)c3)c3ccccc23)cc1. The summed E-state index contributed by atoms with van der Waals surface area (Å²) in [5.74, 6) is 0. The quantitative estimate of drug-likeness (QED) is 0.268. The van der Waals surface area contributed by atoms with Crippen LogP contribution in [0, 0.1) is 0 Å². The Bertz CT molecular complexity index is 1490. The molecule has 6 rings (SSSR count). The van der Waals surface area contributed by atoms with E-state index in [-0.39, 0.29) is 0 Å². The lowest BCUT2D eigenvalue weighted by Gasteiger charge is -2.18. The molecule has 150 valence electrons. The zero-order chi connectivity index (χ0) is 21.3. The number of fused-ring (bicyclic) bond motifs is 2. The van der Waals surface area contributed by atoms with Crippen LogP contribution in [0.5, 0.6) is 0 Å². The average molecular weight is 408 g/mol. The zero-order valence-corrected chi connectivity index (χ0v) is 17.6. The molecule has 0 N–H and O–H groups in total. The van der Waals surface area contributed by atoms with Gasteiger partial charge in [-0.25, -0.2) is 0 Å². The van der Waals surface area contributed by atoms with Gasteiger partial charge in [-0.2, -0.15) is 0 Å². The summed E-state index contributed by atoms with van der Waals surface area (Å²) < 4.78 is 0. The summed E-state index contributed by atoms with van der Waals surface area (Å²) in [6.07, 6.45) is 1.85. The first kappa shape index (κ1) is 18.5. The van der Waals surface area contributed by atoms with Crippen molar-refractivity contribution in [3.63, 3.8) is 0 Å². The normalized spacial score (nSPS) is 11.1. The number of hydrogen-bond donors (Lipinski definition) is 0. The smallest absolute Gasteiger partial charge is 0.0702 e. The van der Waals surface area contributed by atoms with E-state index in [4.69, 9.17) is 0 Å². The van der Waals surface area contributed by atoms with Gasteiger partial charge in [0.1, 0.15) is 0 Å². The molecule has 0 bridgehead atoms. The molecule has 0 saturated heterocycles. The number of rotatable bonds is 3. The van der Waals surface area contributed by atoms with E-state index in [0.717, 1.165) is 11.3 Å². The van der Waals surface area contributed by atoms with Crippen molar-refractivity contribution >= 4 is 21.5 Å². The molecule has 0 aliphatic rings. The van der Waals surface area contributed by atoms with Crippen LogP contribution in [-0.2, 0) is 0 Å². The molecule has 0 amide bonds. The molecule has 0 spiro atoms.